The third-order valence-corrected chi connectivity index (χ3v) is 30.8. The monoisotopic (exact) mass is 1870 g/mol. The highest BCUT2D eigenvalue weighted by atomic mass is 32.2. The van der Waals surface area contributed by atoms with Crippen LogP contribution in [0.1, 0.15) is 71.1 Å². The number of carbonyl (C=O) groups excluding carboxylic acids is 1. The molecule has 2 bridgehead atoms. The first-order valence-electron chi connectivity index (χ1n) is 38.6. The molecule has 0 aromatic heterocycles. The minimum absolute atomic E-state index is 0.000193. The molecule has 50 nitrogen and oxygen atoms in total. The molecular weight excluding hydrogens is 1750 g/mol. The molecule has 704 valence electrons. The molecule has 35 N–H and O–H groups in total. The van der Waals surface area contributed by atoms with E-state index in [-0.39, 0.29) is 122 Å². The number of hydrogen-bond donors (Lipinski definition) is 28. The van der Waals surface area contributed by atoms with Gasteiger partial charge in [-0.05, 0) is 70.6 Å². The smallest absolute Gasteiger partial charge is 0.451 e. The van der Waals surface area contributed by atoms with E-state index in [2.05, 4.69) is 29.7 Å². The van der Waals surface area contributed by atoms with Gasteiger partial charge >= 0.3 is 65.6 Å². The predicted octanol–water partition coefficient (Wildman–Crippen LogP) is -14.1. The number of carboxylic acid groups (broad SMARTS) is 4. The molecule has 0 aromatic rings. The fourth-order valence-corrected chi connectivity index (χ4v) is 22.9. The van der Waals surface area contributed by atoms with Gasteiger partial charge in [0.2, 0.25) is 0 Å². The van der Waals surface area contributed by atoms with Crippen molar-refractivity contribution >= 4 is 117 Å². The summed E-state index contributed by atoms with van der Waals surface area (Å²) in [7, 11) is -28.0. The summed E-state index contributed by atoms with van der Waals surface area (Å²) in [5.74, 6) is -8.51. The van der Waals surface area contributed by atoms with Crippen LogP contribution in [-0.2, 0) is 79.8 Å². The highest BCUT2D eigenvalue weighted by Crippen LogP contribution is 2.40. The third kappa shape index (κ3) is 29.2. The lowest BCUT2D eigenvalue weighted by Gasteiger charge is -2.63. The predicted molar refractivity (Wildman–Crippen MR) is 424 cm³/mol. The molecule has 10 aliphatic heterocycles. The van der Waals surface area contributed by atoms with Crippen molar-refractivity contribution < 1.29 is 163 Å². The Balaban J connectivity index is 0.000000271. The van der Waals surface area contributed by atoms with Gasteiger partial charge in [-0.2, -0.15) is 100 Å². The van der Waals surface area contributed by atoms with Gasteiger partial charge in [0.15, 0.2) is 5.72 Å². The zero-order chi connectivity index (χ0) is 92.8. The van der Waals surface area contributed by atoms with Crippen LogP contribution >= 0.6 is 0 Å². The number of nitrogens with one attached hydrogen (secondary N) is 7. The van der Waals surface area contributed by atoms with Gasteiger partial charge in [-0.25, -0.2) is 8.78 Å². The van der Waals surface area contributed by atoms with Crippen LogP contribution in [0.2, 0.25) is 31.6 Å². The van der Waals surface area contributed by atoms with Gasteiger partial charge in [-0.15, -0.1) is 0 Å². The molecule has 10 aliphatic rings. The van der Waals surface area contributed by atoms with Gasteiger partial charge in [0.1, 0.15) is 28.2 Å². The summed E-state index contributed by atoms with van der Waals surface area (Å²) in [5, 5.41) is 132. The highest BCUT2D eigenvalue weighted by molar-refractivity contribution is 7.88. The third-order valence-electron chi connectivity index (χ3n) is 22.7. The normalized spacial score (nSPS) is 29.9. The molecule has 10 saturated heterocycles. The van der Waals surface area contributed by atoms with E-state index in [0.29, 0.717) is 92.9 Å². The fourth-order valence-electron chi connectivity index (χ4n) is 15.2. The van der Waals surface area contributed by atoms with Crippen molar-refractivity contribution in [3.05, 3.63) is 0 Å². The second kappa shape index (κ2) is 44.0. The van der Waals surface area contributed by atoms with E-state index in [1.165, 1.54) is 4.72 Å². The number of carboxylic acids is 4. The lowest BCUT2D eigenvalue weighted by Crippen LogP contribution is -2.86. The van der Waals surface area contributed by atoms with Gasteiger partial charge in [0.25, 0.3) is 63.9 Å². The van der Waals surface area contributed by atoms with E-state index in [0.717, 1.165) is 12.9 Å². The number of carbonyl (C=O) groups is 5. The molecule has 0 radical (unpaired) electrons. The molecule has 0 unspecified atom stereocenters. The summed E-state index contributed by atoms with van der Waals surface area (Å²) in [6.07, 6.45) is -5.01. The van der Waals surface area contributed by atoms with Gasteiger partial charge in [0, 0.05) is 153 Å². The van der Waals surface area contributed by atoms with Crippen LogP contribution in [0.5, 0.6) is 0 Å². The number of nitrogens with two attached hydrogens (primary N) is 7. The Morgan fingerprint density at radius 3 is 1.05 bits per heavy atom. The van der Waals surface area contributed by atoms with Crippen LogP contribution in [0.3, 0.4) is 0 Å². The van der Waals surface area contributed by atoms with Crippen LogP contribution in [-0.4, -0.2) is 399 Å². The second-order valence-electron chi connectivity index (χ2n) is 32.6. The van der Waals surface area contributed by atoms with E-state index in [1.807, 2.05) is 0 Å². The molecule has 12 atom stereocenters. The van der Waals surface area contributed by atoms with Crippen LogP contribution in [0.15, 0.2) is 0 Å². The molecule has 0 aromatic carbocycles. The average Bonchev–Trinajstić information content (AvgIpc) is 1.25. The van der Waals surface area contributed by atoms with Crippen LogP contribution in [0.25, 0.3) is 0 Å². The standard InChI is InChI=1S/C12H23BN4O6S.C12H25BN4O6S.C11H22BF3N4O6S.C11H23BF2N4O6S.C11H23BN4O6S/c14-12(10(18)19)8-17(4-9(12)2-1-3-13(20)21)24(22,23)15-11-5-16(6-11)7-11;1-11(6-15-7-11)16-24(22,23)17-5-9(3-2-4-13(20)21)12(14,8-17)10(18)19;13-11(14,15)9(4-16)18-26(23,24)19-5-8(2-1-3-12(21)22)10(17,6-19)25-7-20;13-9(14)8(4-15)17-25(23,24)18-5-7(2-1-3-12(21)22)11(16,6-18)10(19)20;13-11(10(17)18)7-16(6-8(11)2-1-3-12(19)20)23(21,22)15-9-4-14-5-9/h9,15,20-21H,1-8,14H2,(H,18,19);9,15-16,20-21H,2-8,14H2,1H3,(H,18,19);7-9,18,21-22H,1-6,16-17H2;7-9,17,21-22H,1-6,15-16H2,(H,19,20);8-9,14-15,19-20H,1-7,13H2,(H,17,18)/t2*9-,12-;8-,9+,10+;7-,8+,11-;8-,11-/m00000/s1. The second-order valence-corrected chi connectivity index (χ2v) is 41.0. The van der Waals surface area contributed by atoms with Crippen LogP contribution in [0, 0.1) is 29.6 Å². The van der Waals surface area contributed by atoms with E-state index < -0.39 is 230 Å². The maximum Gasteiger partial charge on any atom is 0.451 e. The van der Waals surface area contributed by atoms with E-state index in [9.17, 15) is 108 Å². The number of nitrogens with zero attached hydrogens (tertiary/aromatic N) is 6. The summed E-state index contributed by atoms with van der Waals surface area (Å²) in [4.78, 5) is 58.9. The number of aliphatic carboxylic acids is 4. The first kappa shape index (κ1) is 108. The van der Waals surface area contributed by atoms with Crippen molar-refractivity contribution in [2.75, 3.05) is 124 Å². The first-order valence-corrected chi connectivity index (χ1v) is 45.8. The van der Waals surface area contributed by atoms with Crippen molar-refractivity contribution in [2.24, 2.45) is 69.7 Å². The molecule has 0 amide bonds. The topological polar surface area (TPSA) is 834 Å². The van der Waals surface area contributed by atoms with E-state index >= 15 is 0 Å². The highest BCUT2D eigenvalue weighted by Gasteiger charge is 2.61. The number of halogens is 5. The quantitative estimate of drug-likeness (QED) is 0.0117. The maximum absolute atomic E-state index is 12.8. The van der Waals surface area contributed by atoms with E-state index in [1.54, 1.807) is 11.6 Å². The summed E-state index contributed by atoms with van der Waals surface area (Å²) < 4.78 is 208. The Hall–Kier alpha value is -4.13. The maximum atomic E-state index is 12.8. The molecule has 10 rings (SSSR count). The fraction of sp³-hybridized carbons (Fsp3) is 0.912. The molecule has 0 saturated carbocycles. The van der Waals surface area contributed by atoms with Gasteiger partial charge in [-0.3, -0.25) is 34.6 Å². The Kier molecular flexibility index (Phi) is 39.1. The zero-order valence-electron chi connectivity index (χ0n) is 66.7. The minimum Gasteiger partial charge on any atom is -0.480 e. The Morgan fingerprint density at radius 1 is 0.475 bits per heavy atom. The van der Waals surface area contributed by atoms with Crippen molar-refractivity contribution in [1.82, 2.24) is 60.7 Å². The van der Waals surface area contributed by atoms with Crippen molar-refractivity contribution in [1.29, 1.82) is 0 Å². The molecule has 0 spiro atoms. The molecule has 0 aliphatic carbocycles. The van der Waals surface area contributed by atoms with E-state index in [4.69, 9.17) is 95.1 Å². The SMILES string of the molecule is CC1(NS(=O)(=O)N2C[C@H](CCCB(O)O)[C@](N)(C(=O)O)C2)CNC1.NC[C@@H](NS(=O)(=O)N1C[C@H](CCCB(O)O)[C@](N)(C(=O)O)C1)C(F)F.NC[C@@H](NS(=O)(=O)N1C[C@H](CCCB(O)O)[C@](N)(OC=O)C1)C(F)(F)F.N[C@@]1(C(=O)O)CN(S(=O)(=O)NC23CN(C2)C3)C[C@@H]1CCCB(O)O.N[C@@]1(C(=O)O)CN(S(=O)(=O)NC2CNC2)C[C@@H]1CCCB(O)O. The lowest BCUT2D eigenvalue weighted by atomic mass is 9.78. The largest absolute Gasteiger partial charge is 0.480 e. The summed E-state index contributed by atoms with van der Waals surface area (Å²) in [6.45, 7) is 1.67. The zero-order valence-corrected chi connectivity index (χ0v) is 70.7. The summed E-state index contributed by atoms with van der Waals surface area (Å²) in [5.41, 5.74) is 30.1. The molecule has 122 heavy (non-hydrogen) atoms. The van der Waals surface area contributed by atoms with Gasteiger partial charge in [-0.1, -0.05) is 32.1 Å². The summed E-state index contributed by atoms with van der Waals surface area (Å²) in [6, 6.07) is -4.47. The first-order chi connectivity index (χ1) is 56.0. The number of alkyl halides is 5. The number of ether oxygens (including phenoxy) is 1. The van der Waals surface area contributed by atoms with Crippen LogP contribution < -0.4 is 74.4 Å². The minimum atomic E-state index is -4.88. The molecule has 10 fully saturated rings. The number of rotatable bonds is 44. The van der Waals surface area contributed by atoms with Gasteiger partial charge < -0.3 is 120 Å². The Morgan fingerprint density at radius 2 is 0.787 bits per heavy atom. The van der Waals surface area contributed by atoms with Crippen molar-refractivity contribution in [3.63, 3.8) is 0 Å². The number of hydrogen-bond acceptors (Lipinski definition) is 36. The van der Waals surface area contributed by atoms with Crippen molar-refractivity contribution in [3.8, 4) is 0 Å². The molecule has 65 heteroatoms. The Bertz CT molecular complexity index is 3970. The lowest BCUT2D eigenvalue weighted by molar-refractivity contribution is -0.149. The molecule has 10 heterocycles. The van der Waals surface area contributed by atoms with Crippen LogP contribution in [0.4, 0.5) is 22.0 Å². The average molecular weight is 1870 g/mol. The molecular formula is C57H116B5F5N20O30S5. The van der Waals surface area contributed by atoms with Crippen molar-refractivity contribution in [2.45, 2.75) is 172 Å². The van der Waals surface area contributed by atoms with Gasteiger partial charge in [0.05, 0.1) is 23.7 Å². The summed E-state index contributed by atoms with van der Waals surface area (Å²) >= 11 is 0. The Labute approximate surface area is 704 Å².